The standard InChI is InChI=1S/C21H15BrN4O/c22-16-11-13-17(14-12-16)23-21(27)19-24-20(15-7-3-1-4-8-15)26(25-19)18-9-5-2-6-10-18/h1-14H,(H,23,27). The first kappa shape index (κ1) is 17.2. The van der Waals surface area contributed by atoms with Gasteiger partial charge in [0.2, 0.25) is 5.82 Å². The lowest BCUT2D eigenvalue weighted by atomic mass is 10.2. The molecule has 0 radical (unpaired) electrons. The molecule has 0 saturated carbocycles. The molecule has 1 amide bonds. The van der Waals surface area contributed by atoms with E-state index in [-0.39, 0.29) is 11.7 Å². The highest BCUT2D eigenvalue weighted by molar-refractivity contribution is 9.10. The van der Waals surface area contributed by atoms with E-state index in [1.54, 1.807) is 4.68 Å². The number of halogens is 1. The van der Waals surface area contributed by atoms with Crippen LogP contribution >= 0.6 is 15.9 Å². The Morgan fingerprint density at radius 3 is 2.15 bits per heavy atom. The number of nitrogens with zero attached hydrogens (tertiary/aromatic N) is 3. The second kappa shape index (κ2) is 7.55. The number of amides is 1. The number of carbonyl (C=O) groups is 1. The number of hydrogen-bond acceptors (Lipinski definition) is 3. The molecule has 6 heteroatoms. The highest BCUT2D eigenvalue weighted by Crippen LogP contribution is 2.21. The summed E-state index contributed by atoms with van der Waals surface area (Å²) < 4.78 is 2.63. The van der Waals surface area contributed by atoms with Crippen molar-refractivity contribution in [1.82, 2.24) is 14.8 Å². The molecule has 5 nitrogen and oxygen atoms in total. The van der Waals surface area contributed by atoms with E-state index in [1.807, 2.05) is 84.9 Å². The van der Waals surface area contributed by atoms with Crippen LogP contribution in [-0.4, -0.2) is 20.7 Å². The Kier molecular flexibility index (Phi) is 4.80. The largest absolute Gasteiger partial charge is 0.319 e. The molecule has 0 spiro atoms. The molecule has 0 fully saturated rings. The van der Waals surface area contributed by atoms with Gasteiger partial charge in [0.25, 0.3) is 5.91 Å². The van der Waals surface area contributed by atoms with E-state index in [0.717, 1.165) is 15.7 Å². The molecule has 1 aromatic heterocycles. The normalized spacial score (nSPS) is 10.6. The lowest BCUT2D eigenvalue weighted by molar-refractivity contribution is 0.101. The molecule has 4 rings (SSSR count). The van der Waals surface area contributed by atoms with Crippen LogP contribution in [-0.2, 0) is 0 Å². The zero-order chi connectivity index (χ0) is 18.6. The van der Waals surface area contributed by atoms with Gasteiger partial charge < -0.3 is 5.32 Å². The first-order valence-corrected chi connectivity index (χ1v) is 9.15. The molecule has 0 unspecified atom stereocenters. The Balaban J connectivity index is 1.72. The summed E-state index contributed by atoms with van der Waals surface area (Å²) in [6.45, 7) is 0. The summed E-state index contributed by atoms with van der Waals surface area (Å²) in [6.07, 6.45) is 0. The smallest absolute Gasteiger partial charge is 0.295 e. The fourth-order valence-electron chi connectivity index (χ4n) is 2.65. The van der Waals surface area contributed by atoms with Crippen molar-refractivity contribution in [3.05, 3.63) is 95.2 Å². The number of rotatable bonds is 4. The van der Waals surface area contributed by atoms with Crippen molar-refractivity contribution in [2.75, 3.05) is 5.32 Å². The Bertz CT molecular complexity index is 1000. The third-order valence-corrected chi connectivity index (χ3v) is 4.47. The molecule has 0 aliphatic rings. The number of aromatic nitrogens is 3. The van der Waals surface area contributed by atoms with Crippen molar-refractivity contribution in [2.24, 2.45) is 0 Å². The van der Waals surface area contributed by atoms with Crippen molar-refractivity contribution in [2.45, 2.75) is 0 Å². The number of benzene rings is 3. The number of hydrogen-bond donors (Lipinski definition) is 1. The monoisotopic (exact) mass is 418 g/mol. The number of nitrogens with one attached hydrogen (secondary N) is 1. The van der Waals surface area contributed by atoms with Gasteiger partial charge in [-0.15, -0.1) is 5.10 Å². The summed E-state index contributed by atoms with van der Waals surface area (Å²) >= 11 is 3.38. The van der Waals surface area contributed by atoms with Gasteiger partial charge in [-0.25, -0.2) is 9.67 Å². The van der Waals surface area contributed by atoms with Crippen molar-refractivity contribution in [1.29, 1.82) is 0 Å². The second-order valence-electron chi connectivity index (χ2n) is 5.83. The third kappa shape index (κ3) is 3.80. The second-order valence-corrected chi connectivity index (χ2v) is 6.75. The molecular weight excluding hydrogens is 404 g/mol. The van der Waals surface area contributed by atoms with Crippen LogP contribution in [0, 0.1) is 0 Å². The Morgan fingerprint density at radius 1 is 0.852 bits per heavy atom. The molecule has 0 atom stereocenters. The lowest BCUT2D eigenvalue weighted by Gasteiger charge is -2.05. The average Bonchev–Trinajstić information content (AvgIpc) is 3.17. The van der Waals surface area contributed by atoms with Crippen molar-refractivity contribution in [3.8, 4) is 17.1 Å². The van der Waals surface area contributed by atoms with Crippen LogP contribution < -0.4 is 5.32 Å². The van der Waals surface area contributed by atoms with Gasteiger partial charge in [-0.05, 0) is 36.4 Å². The highest BCUT2D eigenvalue weighted by Gasteiger charge is 2.18. The summed E-state index contributed by atoms with van der Waals surface area (Å²) in [5.74, 6) is 0.368. The minimum Gasteiger partial charge on any atom is -0.319 e. The average molecular weight is 419 g/mol. The predicted octanol–water partition coefficient (Wildman–Crippen LogP) is 4.95. The molecule has 3 aromatic carbocycles. The van der Waals surface area contributed by atoms with Gasteiger partial charge in [-0.1, -0.05) is 64.5 Å². The maximum Gasteiger partial charge on any atom is 0.295 e. The zero-order valence-corrected chi connectivity index (χ0v) is 15.8. The number of carbonyl (C=O) groups excluding carboxylic acids is 1. The summed E-state index contributed by atoms with van der Waals surface area (Å²) in [5, 5.41) is 7.29. The maximum atomic E-state index is 12.7. The van der Waals surface area contributed by atoms with Crippen molar-refractivity contribution < 1.29 is 4.79 Å². The van der Waals surface area contributed by atoms with E-state index in [0.29, 0.717) is 11.5 Å². The predicted molar refractivity (Wildman–Crippen MR) is 109 cm³/mol. The Labute approximate surface area is 164 Å². The number of anilines is 1. The summed E-state index contributed by atoms with van der Waals surface area (Å²) in [7, 11) is 0. The van der Waals surface area contributed by atoms with Crippen LogP contribution in [0.15, 0.2) is 89.4 Å². The molecule has 1 heterocycles. The first-order chi connectivity index (χ1) is 13.2. The van der Waals surface area contributed by atoms with E-state index < -0.39 is 0 Å². The van der Waals surface area contributed by atoms with Gasteiger partial charge in [0, 0.05) is 15.7 Å². The van der Waals surface area contributed by atoms with Gasteiger partial charge in [-0.2, -0.15) is 0 Å². The minimum absolute atomic E-state index is 0.112. The van der Waals surface area contributed by atoms with Crippen LogP contribution in [0.5, 0.6) is 0 Å². The van der Waals surface area contributed by atoms with Gasteiger partial charge in [0.05, 0.1) is 5.69 Å². The van der Waals surface area contributed by atoms with Crippen LogP contribution in [0.3, 0.4) is 0 Å². The van der Waals surface area contributed by atoms with Gasteiger partial charge >= 0.3 is 0 Å². The maximum absolute atomic E-state index is 12.7. The molecule has 27 heavy (non-hydrogen) atoms. The van der Waals surface area contributed by atoms with E-state index in [2.05, 4.69) is 31.3 Å². The van der Waals surface area contributed by atoms with Gasteiger partial charge in [0.1, 0.15) is 0 Å². The Morgan fingerprint density at radius 2 is 1.48 bits per heavy atom. The van der Waals surface area contributed by atoms with Crippen LogP contribution in [0.25, 0.3) is 17.1 Å². The topological polar surface area (TPSA) is 59.8 Å². The van der Waals surface area contributed by atoms with Gasteiger partial charge in [-0.3, -0.25) is 4.79 Å². The van der Waals surface area contributed by atoms with Crippen LogP contribution in [0.4, 0.5) is 5.69 Å². The summed E-state index contributed by atoms with van der Waals surface area (Å²) in [4.78, 5) is 17.2. The zero-order valence-electron chi connectivity index (χ0n) is 14.2. The molecule has 1 N–H and O–H groups in total. The third-order valence-electron chi connectivity index (χ3n) is 3.95. The SMILES string of the molecule is O=C(Nc1ccc(Br)cc1)c1nc(-c2ccccc2)n(-c2ccccc2)n1. The highest BCUT2D eigenvalue weighted by atomic mass is 79.9. The quantitative estimate of drug-likeness (QED) is 0.509. The fourth-order valence-corrected chi connectivity index (χ4v) is 2.92. The van der Waals surface area contributed by atoms with E-state index in [4.69, 9.17) is 0 Å². The minimum atomic E-state index is -0.357. The molecule has 0 aliphatic heterocycles. The molecule has 0 aliphatic carbocycles. The summed E-state index contributed by atoms with van der Waals surface area (Å²) in [6, 6.07) is 26.7. The van der Waals surface area contributed by atoms with E-state index >= 15 is 0 Å². The fraction of sp³-hybridized carbons (Fsp3) is 0. The van der Waals surface area contributed by atoms with Gasteiger partial charge in [0.15, 0.2) is 5.82 Å². The molecule has 0 saturated heterocycles. The molecule has 132 valence electrons. The van der Waals surface area contributed by atoms with Crippen molar-refractivity contribution in [3.63, 3.8) is 0 Å². The lowest BCUT2D eigenvalue weighted by Crippen LogP contribution is -2.14. The van der Waals surface area contributed by atoms with Crippen LogP contribution in [0.2, 0.25) is 0 Å². The number of para-hydroxylation sites is 1. The Hall–Kier alpha value is -3.25. The van der Waals surface area contributed by atoms with Crippen molar-refractivity contribution >= 4 is 27.5 Å². The van der Waals surface area contributed by atoms with Crippen LogP contribution in [0.1, 0.15) is 10.6 Å². The first-order valence-electron chi connectivity index (χ1n) is 8.35. The molecular formula is C21H15BrN4O. The summed E-state index contributed by atoms with van der Waals surface area (Å²) in [5.41, 5.74) is 2.41. The molecule has 4 aromatic rings. The van der Waals surface area contributed by atoms with E-state index in [1.165, 1.54) is 0 Å². The van der Waals surface area contributed by atoms with E-state index in [9.17, 15) is 4.79 Å². The molecule has 0 bridgehead atoms.